The van der Waals surface area contributed by atoms with E-state index in [1.165, 1.54) is 25.3 Å². The van der Waals surface area contributed by atoms with E-state index < -0.39 is 22.9 Å². The van der Waals surface area contributed by atoms with Crippen molar-refractivity contribution < 1.29 is 24.4 Å². The van der Waals surface area contributed by atoms with Crippen molar-refractivity contribution in [3.8, 4) is 11.1 Å². The first-order valence-electron chi connectivity index (χ1n) is 10.3. The largest absolute Gasteiger partial charge is 0.478 e. The highest BCUT2D eigenvalue weighted by Gasteiger charge is 2.21. The number of hydrogen-bond acceptors (Lipinski definition) is 5. The summed E-state index contributed by atoms with van der Waals surface area (Å²) in [5.41, 5.74) is 3.71. The van der Waals surface area contributed by atoms with Crippen LogP contribution in [0.2, 0.25) is 0 Å². The highest BCUT2D eigenvalue weighted by molar-refractivity contribution is 5.97. The fraction of sp³-hybridized carbons (Fsp3) is 0.200. The molecular weight excluding hydrogens is 424 g/mol. The lowest BCUT2D eigenvalue weighted by molar-refractivity contribution is -0.479. The topological polar surface area (TPSA) is 119 Å². The summed E-state index contributed by atoms with van der Waals surface area (Å²) in [6.07, 6.45) is -0.467. The van der Waals surface area contributed by atoms with Crippen LogP contribution in [-0.2, 0) is 22.4 Å². The molecular formula is C25H24N2O6. The predicted octanol–water partition coefficient (Wildman–Crippen LogP) is 4.07. The van der Waals surface area contributed by atoms with Gasteiger partial charge in [-0.1, -0.05) is 60.7 Å². The van der Waals surface area contributed by atoms with Gasteiger partial charge in [-0.2, -0.15) is 0 Å². The molecule has 0 fully saturated rings. The lowest BCUT2D eigenvalue weighted by Gasteiger charge is -2.17. The average molecular weight is 448 g/mol. The van der Waals surface area contributed by atoms with Crippen LogP contribution in [0, 0.1) is 10.1 Å². The van der Waals surface area contributed by atoms with Gasteiger partial charge < -0.3 is 15.2 Å². The van der Waals surface area contributed by atoms with Crippen LogP contribution < -0.4 is 5.32 Å². The van der Waals surface area contributed by atoms with Crippen molar-refractivity contribution in [1.82, 2.24) is 0 Å². The minimum atomic E-state index is -1.16. The zero-order valence-corrected chi connectivity index (χ0v) is 18.1. The summed E-state index contributed by atoms with van der Waals surface area (Å²) in [7, 11) is 1.42. The molecule has 0 radical (unpaired) electrons. The maximum atomic E-state index is 12.9. The highest BCUT2D eigenvalue weighted by Crippen LogP contribution is 2.22. The van der Waals surface area contributed by atoms with Gasteiger partial charge in [0.25, 0.3) is 5.91 Å². The first-order chi connectivity index (χ1) is 15.9. The van der Waals surface area contributed by atoms with Gasteiger partial charge in [0.05, 0.1) is 5.56 Å². The second-order valence-corrected chi connectivity index (χ2v) is 7.46. The molecule has 3 aromatic carbocycles. The molecule has 170 valence electrons. The number of methoxy groups -OCH3 is 1. The lowest BCUT2D eigenvalue weighted by atomic mass is 10.0. The number of rotatable bonds is 10. The zero-order chi connectivity index (χ0) is 23.8. The Morgan fingerprint density at radius 1 is 1.03 bits per heavy atom. The Hall–Kier alpha value is -4.04. The number of carboxylic acid groups (broad SMARTS) is 1. The molecule has 0 saturated heterocycles. The Morgan fingerprint density at radius 3 is 2.30 bits per heavy atom. The molecule has 0 aliphatic carbocycles. The summed E-state index contributed by atoms with van der Waals surface area (Å²) in [5.74, 6) is -1.62. The summed E-state index contributed by atoms with van der Waals surface area (Å²) in [4.78, 5) is 34.5. The molecule has 0 saturated carbocycles. The fourth-order valence-corrected chi connectivity index (χ4v) is 3.43. The Morgan fingerprint density at radius 2 is 1.70 bits per heavy atom. The summed E-state index contributed by atoms with van der Waals surface area (Å²) < 4.78 is 5.38. The van der Waals surface area contributed by atoms with E-state index in [2.05, 4.69) is 5.32 Å². The predicted molar refractivity (Wildman–Crippen MR) is 124 cm³/mol. The van der Waals surface area contributed by atoms with Crippen molar-refractivity contribution in [2.45, 2.75) is 18.9 Å². The third-order valence-corrected chi connectivity index (χ3v) is 5.24. The van der Waals surface area contributed by atoms with Crippen molar-refractivity contribution in [1.29, 1.82) is 0 Å². The van der Waals surface area contributed by atoms with Gasteiger partial charge >= 0.3 is 5.97 Å². The van der Waals surface area contributed by atoms with Crippen LogP contribution in [0.3, 0.4) is 0 Å². The van der Waals surface area contributed by atoms with Crippen molar-refractivity contribution in [2.24, 2.45) is 0 Å². The Balaban J connectivity index is 1.74. The number of anilines is 1. The van der Waals surface area contributed by atoms with Crippen molar-refractivity contribution in [3.05, 3.63) is 99.6 Å². The monoisotopic (exact) mass is 448 g/mol. The Labute approximate surface area is 191 Å². The molecule has 0 bridgehead atoms. The van der Waals surface area contributed by atoms with Gasteiger partial charge in [-0.3, -0.25) is 14.9 Å². The second kappa shape index (κ2) is 11.0. The number of ether oxygens (including phenoxy) is 1. The number of nitrogens with zero attached hydrogens (tertiary/aromatic N) is 1. The van der Waals surface area contributed by atoms with E-state index in [4.69, 9.17) is 4.74 Å². The van der Waals surface area contributed by atoms with Gasteiger partial charge in [0.2, 0.25) is 6.54 Å². The van der Waals surface area contributed by atoms with E-state index in [0.717, 1.165) is 16.7 Å². The number of carbonyl (C=O) groups is 2. The minimum absolute atomic E-state index is 0.0272. The summed E-state index contributed by atoms with van der Waals surface area (Å²) in [6, 6.07) is 21.9. The smallest absolute Gasteiger partial charge is 0.335 e. The van der Waals surface area contributed by atoms with Gasteiger partial charge in [0.15, 0.2) is 0 Å². The SMILES string of the molecule is COC(Cc1ccc(-c2ccccc2)cc1)C(=O)Nc1cc(C(=O)O)ccc1CC[N+](=O)[O-]. The quantitative estimate of drug-likeness (QED) is 0.357. The summed E-state index contributed by atoms with van der Waals surface area (Å²) in [5, 5.41) is 22.7. The van der Waals surface area contributed by atoms with Gasteiger partial charge in [0.1, 0.15) is 6.10 Å². The van der Waals surface area contributed by atoms with E-state index in [9.17, 15) is 24.8 Å². The average Bonchev–Trinajstić information content (AvgIpc) is 2.82. The van der Waals surface area contributed by atoms with Gasteiger partial charge in [-0.25, -0.2) is 4.79 Å². The van der Waals surface area contributed by atoms with Crippen LogP contribution in [0.4, 0.5) is 5.69 Å². The number of benzene rings is 3. The van der Waals surface area contributed by atoms with Crippen LogP contribution in [0.5, 0.6) is 0 Å². The number of nitro groups is 1. The van der Waals surface area contributed by atoms with E-state index >= 15 is 0 Å². The summed E-state index contributed by atoms with van der Waals surface area (Å²) >= 11 is 0. The van der Waals surface area contributed by atoms with Crippen LogP contribution in [0.25, 0.3) is 11.1 Å². The standard InChI is InChI=1S/C25H24N2O6/c1-33-23(15-17-7-9-19(10-8-17)18-5-3-2-4-6-18)24(28)26-22-16-21(25(29)30)12-11-20(22)13-14-27(31)32/h2-12,16,23H,13-15H2,1H3,(H,26,28)(H,29,30). The molecule has 8 heteroatoms. The van der Waals surface area contributed by atoms with Gasteiger partial charge in [0, 0.05) is 30.6 Å². The molecule has 0 heterocycles. The number of aromatic carboxylic acids is 1. The number of amides is 1. The zero-order valence-electron chi connectivity index (χ0n) is 18.1. The number of carboxylic acids is 1. The molecule has 1 amide bonds. The highest BCUT2D eigenvalue weighted by atomic mass is 16.6. The molecule has 1 atom stereocenters. The van der Waals surface area contributed by atoms with Gasteiger partial charge in [-0.15, -0.1) is 0 Å². The van der Waals surface area contributed by atoms with E-state index in [1.807, 2.05) is 54.6 Å². The second-order valence-electron chi connectivity index (χ2n) is 7.46. The maximum Gasteiger partial charge on any atom is 0.335 e. The lowest BCUT2D eigenvalue weighted by Crippen LogP contribution is -2.32. The van der Waals surface area contributed by atoms with Gasteiger partial charge in [-0.05, 0) is 34.4 Å². The molecule has 3 rings (SSSR count). The molecule has 8 nitrogen and oxygen atoms in total. The van der Waals surface area contributed by atoms with Crippen LogP contribution in [0.1, 0.15) is 21.5 Å². The minimum Gasteiger partial charge on any atom is -0.478 e. The summed E-state index contributed by atoms with van der Waals surface area (Å²) in [6.45, 7) is -0.337. The fourth-order valence-electron chi connectivity index (χ4n) is 3.43. The molecule has 0 aromatic heterocycles. The molecule has 33 heavy (non-hydrogen) atoms. The third-order valence-electron chi connectivity index (χ3n) is 5.24. The maximum absolute atomic E-state index is 12.9. The van der Waals surface area contributed by atoms with Crippen LogP contribution in [-0.4, -0.2) is 41.7 Å². The first kappa shape index (κ1) is 23.6. The normalized spacial score (nSPS) is 11.5. The Kier molecular flexibility index (Phi) is 7.88. The van der Waals surface area contributed by atoms with E-state index in [1.54, 1.807) is 0 Å². The molecule has 0 aliphatic heterocycles. The van der Waals surface area contributed by atoms with Crippen molar-refractivity contribution in [2.75, 3.05) is 19.0 Å². The molecule has 1 unspecified atom stereocenters. The van der Waals surface area contributed by atoms with Crippen LogP contribution >= 0.6 is 0 Å². The third kappa shape index (κ3) is 6.47. The van der Waals surface area contributed by atoms with Crippen molar-refractivity contribution >= 4 is 17.6 Å². The molecule has 3 aromatic rings. The number of carbonyl (C=O) groups excluding carboxylic acids is 1. The molecule has 0 aliphatic rings. The Bertz CT molecular complexity index is 1130. The first-order valence-corrected chi connectivity index (χ1v) is 10.3. The van der Waals surface area contributed by atoms with Crippen molar-refractivity contribution in [3.63, 3.8) is 0 Å². The molecule has 0 spiro atoms. The van der Waals surface area contributed by atoms with E-state index in [-0.39, 0.29) is 24.2 Å². The van der Waals surface area contributed by atoms with E-state index in [0.29, 0.717) is 12.0 Å². The number of nitrogens with one attached hydrogen (secondary N) is 1. The van der Waals surface area contributed by atoms with Crippen LogP contribution in [0.15, 0.2) is 72.8 Å². The number of hydrogen-bond donors (Lipinski definition) is 2. The molecule has 2 N–H and O–H groups in total.